The molecule has 0 spiro atoms. The molecule has 11 heteroatoms. The van der Waals surface area contributed by atoms with E-state index < -0.39 is 9.84 Å². The van der Waals surface area contributed by atoms with Gasteiger partial charge in [-0.25, -0.2) is 8.42 Å². The van der Waals surface area contributed by atoms with Crippen LogP contribution in [0.25, 0.3) is 5.69 Å². The summed E-state index contributed by atoms with van der Waals surface area (Å²) in [6, 6.07) is 7.07. The number of benzene rings is 1. The highest BCUT2D eigenvalue weighted by molar-refractivity contribution is 7.99. The Morgan fingerprint density at radius 1 is 1.38 bits per heavy atom. The van der Waals surface area contributed by atoms with Crippen LogP contribution in [-0.2, 0) is 14.6 Å². The minimum atomic E-state index is -3.07. The Hall–Kier alpha value is -2.14. The van der Waals surface area contributed by atoms with E-state index in [0.29, 0.717) is 29.6 Å². The SMILES string of the molecule is COc1ccccc1-n1nnnc1SCC(=O)N(CC(C)C)[C@H]1CCS(=O)(=O)C1. The number of ether oxygens (including phenoxy) is 1. The van der Waals surface area contributed by atoms with E-state index in [9.17, 15) is 13.2 Å². The van der Waals surface area contributed by atoms with Crippen LogP contribution in [0.15, 0.2) is 29.4 Å². The predicted octanol–water partition coefficient (Wildman–Crippen LogP) is 1.43. The van der Waals surface area contributed by atoms with Crippen molar-refractivity contribution in [2.45, 2.75) is 31.5 Å². The van der Waals surface area contributed by atoms with Crippen LogP contribution in [0.2, 0.25) is 0 Å². The van der Waals surface area contributed by atoms with Gasteiger partial charge < -0.3 is 9.64 Å². The molecule has 0 saturated carbocycles. The summed E-state index contributed by atoms with van der Waals surface area (Å²) in [5.41, 5.74) is 0.677. The predicted molar refractivity (Wildman–Crippen MR) is 110 cm³/mol. The average molecular weight is 440 g/mol. The maximum atomic E-state index is 13.0. The second kappa shape index (κ2) is 9.12. The summed E-state index contributed by atoms with van der Waals surface area (Å²) in [5.74, 6) is 1.05. The third-order valence-corrected chi connectivity index (χ3v) is 7.26. The van der Waals surface area contributed by atoms with Crippen molar-refractivity contribution in [3.63, 3.8) is 0 Å². The molecule has 1 aromatic carbocycles. The van der Waals surface area contributed by atoms with Crippen LogP contribution in [0.4, 0.5) is 0 Å². The summed E-state index contributed by atoms with van der Waals surface area (Å²) in [6.45, 7) is 4.55. The van der Waals surface area contributed by atoms with E-state index >= 15 is 0 Å². The van der Waals surface area contributed by atoms with Crippen molar-refractivity contribution in [1.82, 2.24) is 25.1 Å². The molecule has 1 aliphatic rings. The minimum Gasteiger partial charge on any atom is -0.494 e. The van der Waals surface area contributed by atoms with E-state index in [4.69, 9.17) is 4.74 Å². The Morgan fingerprint density at radius 2 is 2.14 bits per heavy atom. The van der Waals surface area contributed by atoms with Gasteiger partial charge in [0, 0.05) is 12.6 Å². The fourth-order valence-electron chi connectivity index (χ4n) is 3.30. The van der Waals surface area contributed by atoms with Gasteiger partial charge in [0.1, 0.15) is 11.4 Å². The molecule has 1 aliphatic heterocycles. The van der Waals surface area contributed by atoms with Gasteiger partial charge in [-0.2, -0.15) is 4.68 Å². The van der Waals surface area contributed by atoms with Crippen molar-refractivity contribution >= 4 is 27.5 Å². The molecule has 1 saturated heterocycles. The molecular formula is C18H25N5O4S2. The molecule has 2 heterocycles. The van der Waals surface area contributed by atoms with Crippen molar-refractivity contribution in [3.05, 3.63) is 24.3 Å². The Bertz CT molecular complexity index is 961. The molecule has 0 unspecified atom stereocenters. The van der Waals surface area contributed by atoms with Gasteiger partial charge in [0.05, 0.1) is 24.4 Å². The zero-order valence-corrected chi connectivity index (χ0v) is 18.3. The van der Waals surface area contributed by atoms with Crippen LogP contribution in [0.5, 0.6) is 5.75 Å². The second-order valence-corrected chi connectivity index (χ2v) is 10.5. The Balaban J connectivity index is 1.73. The van der Waals surface area contributed by atoms with Crippen molar-refractivity contribution < 1.29 is 17.9 Å². The lowest BCUT2D eigenvalue weighted by Gasteiger charge is -2.29. The number of thioether (sulfide) groups is 1. The van der Waals surface area contributed by atoms with Gasteiger partial charge in [0.2, 0.25) is 11.1 Å². The first-order chi connectivity index (χ1) is 13.8. The fourth-order valence-corrected chi connectivity index (χ4v) is 5.80. The van der Waals surface area contributed by atoms with E-state index in [-0.39, 0.29) is 35.1 Å². The molecule has 0 radical (unpaired) electrons. The quantitative estimate of drug-likeness (QED) is 0.569. The first-order valence-corrected chi connectivity index (χ1v) is 12.2. The monoisotopic (exact) mass is 439 g/mol. The zero-order valence-electron chi connectivity index (χ0n) is 16.7. The lowest BCUT2D eigenvalue weighted by molar-refractivity contribution is -0.130. The summed E-state index contributed by atoms with van der Waals surface area (Å²) in [5, 5.41) is 12.2. The number of hydrogen-bond donors (Lipinski definition) is 0. The molecule has 2 aromatic rings. The standard InChI is InChI=1S/C18H25N5O4S2/c1-13(2)10-22(14-8-9-29(25,26)12-14)17(24)11-28-18-19-20-21-23(18)15-6-4-5-7-16(15)27-3/h4-7,13-14H,8-12H2,1-3H3/t14-/m0/s1. The van der Waals surface area contributed by atoms with Gasteiger partial charge in [0.15, 0.2) is 9.84 Å². The Kier molecular flexibility index (Phi) is 6.78. The minimum absolute atomic E-state index is 0.0368. The highest BCUT2D eigenvalue weighted by Crippen LogP contribution is 2.26. The number of amides is 1. The number of rotatable bonds is 8. The number of methoxy groups -OCH3 is 1. The molecule has 1 aromatic heterocycles. The average Bonchev–Trinajstić information content (AvgIpc) is 3.29. The van der Waals surface area contributed by atoms with Crippen LogP contribution in [0, 0.1) is 5.92 Å². The lowest BCUT2D eigenvalue weighted by atomic mass is 10.1. The van der Waals surface area contributed by atoms with E-state index in [1.54, 1.807) is 12.0 Å². The van der Waals surface area contributed by atoms with E-state index in [1.807, 2.05) is 38.1 Å². The number of tetrazole rings is 1. The number of sulfone groups is 1. The smallest absolute Gasteiger partial charge is 0.233 e. The number of hydrogen-bond acceptors (Lipinski definition) is 8. The normalized spacial score (nSPS) is 18.1. The van der Waals surface area contributed by atoms with E-state index in [2.05, 4.69) is 15.5 Å². The Labute approximate surface area is 174 Å². The maximum Gasteiger partial charge on any atom is 0.233 e. The fraction of sp³-hybridized carbons (Fsp3) is 0.556. The molecule has 158 valence electrons. The van der Waals surface area contributed by atoms with Gasteiger partial charge in [-0.15, -0.1) is 5.10 Å². The molecule has 0 aliphatic carbocycles. The lowest BCUT2D eigenvalue weighted by Crippen LogP contribution is -2.44. The summed E-state index contributed by atoms with van der Waals surface area (Å²) in [6.07, 6.45) is 0.490. The second-order valence-electron chi connectivity index (χ2n) is 7.33. The van der Waals surface area contributed by atoms with Crippen LogP contribution >= 0.6 is 11.8 Å². The summed E-state index contributed by atoms with van der Waals surface area (Å²) in [7, 11) is -1.50. The topological polar surface area (TPSA) is 107 Å². The third kappa shape index (κ3) is 5.27. The molecule has 3 rings (SSSR count). The van der Waals surface area contributed by atoms with Crippen molar-refractivity contribution in [2.75, 3.05) is 30.9 Å². The third-order valence-electron chi connectivity index (χ3n) is 4.61. The van der Waals surface area contributed by atoms with Crippen molar-refractivity contribution in [1.29, 1.82) is 0 Å². The number of carbonyl (C=O) groups is 1. The largest absolute Gasteiger partial charge is 0.494 e. The summed E-state index contributed by atoms with van der Waals surface area (Å²) >= 11 is 1.22. The molecular weight excluding hydrogens is 414 g/mol. The Morgan fingerprint density at radius 3 is 2.79 bits per heavy atom. The van der Waals surface area contributed by atoms with Gasteiger partial charge >= 0.3 is 0 Å². The van der Waals surface area contributed by atoms with Crippen molar-refractivity contribution in [2.24, 2.45) is 5.92 Å². The van der Waals surface area contributed by atoms with Crippen LogP contribution in [-0.4, -0.2) is 76.4 Å². The summed E-state index contributed by atoms with van der Waals surface area (Å²) < 4.78 is 30.6. The van der Waals surface area contributed by atoms with Crippen molar-refractivity contribution in [3.8, 4) is 11.4 Å². The first kappa shape index (κ1) is 21.6. The summed E-state index contributed by atoms with van der Waals surface area (Å²) in [4.78, 5) is 14.7. The molecule has 1 amide bonds. The number of carbonyl (C=O) groups excluding carboxylic acids is 1. The molecule has 1 atom stereocenters. The maximum absolute atomic E-state index is 13.0. The number of nitrogens with zero attached hydrogens (tertiary/aromatic N) is 5. The van der Waals surface area contributed by atoms with Crippen LogP contribution in [0.3, 0.4) is 0 Å². The molecule has 9 nitrogen and oxygen atoms in total. The molecule has 1 fully saturated rings. The van der Waals surface area contributed by atoms with Gasteiger partial charge in [-0.1, -0.05) is 37.7 Å². The number of para-hydroxylation sites is 2. The number of aromatic nitrogens is 4. The van der Waals surface area contributed by atoms with Crippen LogP contribution < -0.4 is 4.74 Å². The van der Waals surface area contributed by atoms with Crippen LogP contribution in [0.1, 0.15) is 20.3 Å². The molecule has 0 bridgehead atoms. The highest BCUT2D eigenvalue weighted by atomic mass is 32.2. The van der Waals surface area contributed by atoms with Gasteiger partial charge in [0.25, 0.3) is 0 Å². The first-order valence-electron chi connectivity index (χ1n) is 9.35. The van der Waals surface area contributed by atoms with Gasteiger partial charge in [-0.3, -0.25) is 4.79 Å². The van der Waals surface area contributed by atoms with E-state index in [1.165, 1.54) is 16.4 Å². The highest BCUT2D eigenvalue weighted by Gasteiger charge is 2.35. The molecule has 0 N–H and O–H groups in total. The zero-order chi connectivity index (χ0) is 21.0. The van der Waals surface area contributed by atoms with E-state index in [0.717, 1.165) is 0 Å². The molecule has 29 heavy (non-hydrogen) atoms. The van der Waals surface area contributed by atoms with Gasteiger partial charge in [-0.05, 0) is 34.9 Å².